The molecule has 2 aromatic carbocycles. The Morgan fingerprint density at radius 2 is 1.63 bits per heavy atom. The van der Waals surface area contributed by atoms with Crippen LogP contribution in [0.25, 0.3) is 11.0 Å². The molecule has 96 valence electrons. The Morgan fingerprint density at radius 1 is 0.947 bits per heavy atom. The van der Waals surface area contributed by atoms with Gasteiger partial charge in [-0.05, 0) is 29.3 Å². The van der Waals surface area contributed by atoms with Crippen LogP contribution in [-0.4, -0.2) is 9.55 Å². The Hall–Kier alpha value is -1.22. The summed E-state index contributed by atoms with van der Waals surface area (Å²) in [6, 6.07) is 13.6. The molecule has 1 heterocycles. The molecule has 0 spiro atoms. The van der Waals surface area contributed by atoms with E-state index in [0.29, 0.717) is 21.9 Å². The monoisotopic (exact) mass is 310 g/mol. The van der Waals surface area contributed by atoms with Gasteiger partial charge in [0.2, 0.25) is 5.28 Å². The molecular weight excluding hydrogens is 303 g/mol. The van der Waals surface area contributed by atoms with E-state index in [9.17, 15) is 0 Å². The maximum absolute atomic E-state index is 6.19. The van der Waals surface area contributed by atoms with Crippen LogP contribution in [0, 0.1) is 0 Å². The third-order valence-corrected chi connectivity index (χ3v) is 3.94. The molecule has 0 aliphatic heterocycles. The Balaban J connectivity index is 2.13. The molecule has 0 bridgehead atoms. The van der Waals surface area contributed by atoms with Crippen LogP contribution in [0.2, 0.25) is 15.3 Å². The zero-order valence-corrected chi connectivity index (χ0v) is 12.0. The third-order valence-electron chi connectivity index (χ3n) is 2.93. The van der Waals surface area contributed by atoms with Gasteiger partial charge in [-0.25, -0.2) is 4.98 Å². The van der Waals surface area contributed by atoms with Crippen molar-refractivity contribution in [2.75, 3.05) is 0 Å². The van der Waals surface area contributed by atoms with Crippen molar-refractivity contribution in [2.45, 2.75) is 6.54 Å². The molecule has 0 saturated heterocycles. The van der Waals surface area contributed by atoms with Gasteiger partial charge in [-0.2, -0.15) is 0 Å². The molecular formula is C14H9Cl3N2. The van der Waals surface area contributed by atoms with Crippen LogP contribution in [0.4, 0.5) is 0 Å². The van der Waals surface area contributed by atoms with Crippen molar-refractivity contribution in [1.29, 1.82) is 0 Å². The molecule has 0 N–H and O–H groups in total. The van der Waals surface area contributed by atoms with Crippen LogP contribution >= 0.6 is 34.8 Å². The standard InChI is InChI=1S/C14H9Cl3N2/c15-10-6-12-13(7-11(10)16)19(14(17)18-12)8-9-4-2-1-3-5-9/h1-7H,8H2. The van der Waals surface area contributed by atoms with Gasteiger partial charge in [-0.1, -0.05) is 53.5 Å². The first-order valence-electron chi connectivity index (χ1n) is 5.70. The van der Waals surface area contributed by atoms with Crippen LogP contribution < -0.4 is 0 Å². The van der Waals surface area contributed by atoms with Crippen LogP contribution in [0.3, 0.4) is 0 Å². The summed E-state index contributed by atoms with van der Waals surface area (Å²) in [7, 11) is 0. The Labute approximate surface area is 125 Å². The van der Waals surface area contributed by atoms with Crippen LogP contribution in [-0.2, 0) is 6.54 Å². The van der Waals surface area contributed by atoms with E-state index in [1.807, 2.05) is 34.9 Å². The van der Waals surface area contributed by atoms with Crippen molar-refractivity contribution < 1.29 is 0 Å². The molecule has 3 rings (SSSR count). The van der Waals surface area contributed by atoms with E-state index in [0.717, 1.165) is 16.6 Å². The number of rotatable bonds is 2. The highest BCUT2D eigenvalue weighted by Gasteiger charge is 2.11. The van der Waals surface area contributed by atoms with E-state index in [1.54, 1.807) is 12.1 Å². The number of hydrogen-bond donors (Lipinski definition) is 0. The van der Waals surface area contributed by atoms with Crippen molar-refractivity contribution in [1.82, 2.24) is 9.55 Å². The van der Waals surface area contributed by atoms with Gasteiger partial charge in [-0.3, -0.25) is 0 Å². The molecule has 0 fully saturated rings. The highest BCUT2D eigenvalue weighted by molar-refractivity contribution is 6.42. The van der Waals surface area contributed by atoms with Gasteiger partial charge in [0.25, 0.3) is 0 Å². The largest absolute Gasteiger partial charge is 0.310 e. The van der Waals surface area contributed by atoms with Crippen molar-refractivity contribution in [2.24, 2.45) is 0 Å². The Morgan fingerprint density at radius 3 is 2.37 bits per heavy atom. The van der Waals surface area contributed by atoms with Crippen LogP contribution in [0.1, 0.15) is 5.56 Å². The van der Waals surface area contributed by atoms with Crippen molar-refractivity contribution >= 4 is 45.8 Å². The number of hydrogen-bond acceptors (Lipinski definition) is 1. The number of fused-ring (bicyclic) bond motifs is 1. The maximum atomic E-state index is 6.19. The Kier molecular flexibility index (Phi) is 3.40. The van der Waals surface area contributed by atoms with E-state index < -0.39 is 0 Å². The minimum atomic E-state index is 0.428. The van der Waals surface area contributed by atoms with Crippen molar-refractivity contribution in [3.05, 3.63) is 63.4 Å². The molecule has 19 heavy (non-hydrogen) atoms. The molecule has 2 nitrogen and oxygen atoms in total. The van der Waals surface area contributed by atoms with Crippen LogP contribution in [0.15, 0.2) is 42.5 Å². The van der Waals surface area contributed by atoms with Gasteiger partial charge in [0.1, 0.15) is 0 Å². The normalized spacial score (nSPS) is 11.1. The van der Waals surface area contributed by atoms with E-state index in [1.165, 1.54) is 0 Å². The second kappa shape index (κ2) is 5.04. The van der Waals surface area contributed by atoms with Crippen molar-refractivity contribution in [3.8, 4) is 0 Å². The summed E-state index contributed by atoms with van der Waals surface area (Å²) in [4.78, 5) is 4.30. The fourth-order valence-electron chi connectivity index (χ4n) is 2.01. The average molecular weight is 312 g/mol. The fourth-order valence-corrected chi connectivity index (χ4v) is 2.56. The molecule has 1 aromatic heterocycles. The van der Waals surface area contributed by atoms with Gasteiger partial charge >= 0.3 is 0 Å². The first-order valence-corrected chi connectivity index (χ1v) is 6.83. The zero-order chi connectivity index (χ0) is 13.4. The second-order valence-electron chi connectivity index (χ2n) is 4.21. The lowest BCUT2D eigenvalue weighted by atomic mass is 10.2. The van der Waals surface area contributed by atoms with Gasteiger partial charge in [0.15, 0.2) is 0 Å². The quantitative estimate of drug-likeness (QED) is 0.648. The molecule has 5 heteroatoms. The summed E-state index contributed by atoms with van der Waals surface area (Å²) >= 11 is 18.2. The van der Waals surface area contributed by atoms with Gasteiger partial charge < -0.3 is 4.57 Å². The summed E-state index contributed by atoms with van der Waals surface area (Å²) in [6.07, 6.45) is 0. The van der Waals surface area contributed by atoms with E-state index >= 15 is 0 Å². The fraction of sp³-hybridized carbons (Fsp3) is 0.0714. The summed E-state index contributed by atoms with van der Waals surface area (Å²) in [6.45, 7) is 0.647. The van der Waals surface area contributed by atoms with E-state index in [2.05, 4.69) is 4.98 Å². The number of benzene rings is 2. The first kappa shape index (κ1) is 12.8. The number of halogens is 3. The molecule has 0 aliphatic rings. The molecule has 0 unspecified atom stereocenters. The predicted octanol–water partition coefficient (Wildman–Crippen LogP) is 5.04. The van der Waals surface area contributed by atoms with E-state index in [4.69, 9.17) is 34.8 Å². The predicted molar refractivity (Wildman–Crippen MR) is 80.3 cm³/mol. The minimum absolute atomic E-state index is 0.428. The topological polar surface area (TPSA) is 17.8 Å². The van der Waals surface area contributed by atoms with Crippen LogP contribution in [0.5, 0.6) is 0 Å². The molecule has 0 radical (unpaired) electrons. The van der Waals surface area contributed by atoms with Gasteiger partial charge in [-0.15, -0.1) is 0 Å². The van der Waals surface area contributed by atoms with Gasteiger partial charge in [0, 0.05) is 0 Å². The smallest absolute Gasteiger partial charge is 0.204 e. The SMILES string of the molecule is Clc1cc2nc(Cl)n(Cc3ccccc3)c2cc1Cl. The minimum Gasteiger partial charge on any atom is -0.310 e. The lowest BCUT2D eigenvalue weighted by Crippen LogP contribution is -1.99. The van der Waals surface area contributed by atoms with Gasteiger partial charge in [0.05, 0.1) is 27.6 Å². The zero-order valence-electron chi connectivity index (χ0n) is 9.78. The van der Waals surface area contributed by atoms with Crippen molar-refractivity contribution in [3.63, 3.8) is 0 Å². The highest BCUT2D eigenvalue weighted by Crippen LogP contribution is 2.30. The summed E-state index contributed by atoms with van der Waals surface area (Å²) in [5.74, 6) is 0. The molecule has 0 aliphatic carbocycles. The molecule has 3 aromatic rings. The number of aromatic nitrogens is 2. The molecule has 0 amide bonds. The number of nitrogens with zero attached hydrogens (tertiary/aromatic N) is 2. The highest BCUT2D eigenvalue weighted by atomic mass is 35.5. The second-order valence-corrected chi connectivity index (χ2v) is 5.36. The Bertz CT molecular complexity index is 735. The molecule has 0 atom stereocenters. The summed E-state index contributed by atoms with van der Waals surface area (Å²) in [5, 5.41) is 1.41. The lowest BCUT2D eigenvalue weighted by Gasteiger charge is -2.06. The first-order chi connectivity index (χ1) is 9.15. The lowest BCUT2D eigenvalue weighted by molar-refractivity contribution is 0.826. The summed E-state index contributed by atoms with van der Waals surface area (Å²) < 4.78 is 1.91. The summed E-state index contributed by atoms with van der Waals surface area (Å²) in [5.41, 5.74) is 2.77. The number of imidazole rings is 1. The molecule has 0 saturated carbocycles. The van der Waals surface area contributed by atoms with E-state index in [-0.39, 0.29) is 0 Å². The average Bonchev–Trinajstić information content (AvgIpc) is 2.68. The third kappa shape index (κ3) is 2.44. The maximum Gasteiger partial charge on any atom is 0.204 e.